The van der Waals surface area contributed by atoms with E-state index >= 15 is 0 Å². The molecule has 0 fully saturated rings. The van der Waals surface area contributed by atoms with Crippen LogP contribution in [-0.4, -0.2) is 5.91 Å². The number of aryl methyl sites for hydroxylation is 2. The molecule has 4 heteroatoms. The van der Waals surface area contributed by atoms with Crippen LogP contribution in [0.5, 0.6) is 0 Å². The number of nitrogens with one attached hydrogen (secondary N) is 2. The van der Waals surface area contributed by atoms with E-state index in [1.807, 2.05) is 38.1 Å². The van der Waals surface area contributed by atoms with Gasteiger partial charge in [0.05, 0.1) is 12.8 Å². The Morgan fingerprint density at radius 3 is 2.63 bits per heavy atom. The zero-order valence-corrected chi connectivity index (χ0v) is 11.4. The van der Waals surface area contributed by atoms with Gasteiger partial charge >= 0.3 is 0 Å². The molecule has 0 unspecified atom stereocenters. The van der Waals surface area contributed by atoms with E-state index in [2.05, 4.69) is 10.6 Å². The standard InChI is InChI=1S/C15H18N2O2/c1-10-4-5-13(17-12(3)18)8-14(10)16-9-15-11(2)6-7-19-15/h4-8,16H,9H2,1-3H3,(H,17,18). The molecule has 4 nitrogen and oxygen atoms in total. The zero-order valence-electron chi connectivity index (χ0n) is 11.4. The van der Waals surface area contributed by atoms with Gasteiger partial charge < -0.3 is 15.1 Å². The molecule has 100 valence electrons. The quantitative estimate of drug-likeness (QED) is 0.883. The van der Waals surface area contributed by atoms with Gasteiger partial charge in [-0.15, -0.1) is 0 Å². The second-order valence-electron chi connectivity index (χ2n) is 4.59. The van der Waals surface area contributed by atoms with Gasteiger partial charge in [0.25, 0.3) is 0 Å². The monoisotopic (exact) mass is 258 g/mol. The summed E-state index contributed by atoms with van der Waals surface area (Å²) in [5, 5.41) is 6.10. The van der Waals surface area contributed by atoms with Gasteiger partial charge in [0.1, 0.15) is 5.76 Å². The normalized spacial score (nSPS) is 10.3. The lowest BCUT2D eigenvalue weighted by atomic mass is 10.1. The fourth-order valence-electron chi connectivity index (χ4n) is 1.85. The van der Waals surface area contributed by atoms with Crippen molar-refractivity contribution >= 4 is 17.3 Å². The van der Waals surface area contributed by atoms with Crippen LogP contribution in [0.25, 0.3) is 0 Å². The van der Waals surface area contributed by atoms with Crippen LogP contribution in [0.1, 0.15) is 23.8 Å². The topological polar surface area (TPSA) is 54.3 Å². The summed E-state index contributed by atoms with van der Waals surface area (Å²) in [6.45, 7) is 6.17. The average molecular weight is 258 g/mol. The molecule has 0 aliphatic rings. The third-order valence-corrected chi connectivity index (χ3v) is 2.97. The fraction of sp³-hybridized carbons (Fsp3) is 0.267. The molecule has 1 amide bonds. The second-order valence-corrected chi connectivity index (χ2v) is 4.59. The Morgan fingerprint density at radius 2 is 2.00 bits per heavy atom. The van der Waals surface area contributed by atoms with Gasteiger partial charge in [0, 0.05) is 18.3 Å². The van der Waals surface area contributed by atoms with Crippen LogP contribution in [0.2, 0.25) is 0 Å². The number of rotatable bonds is 4. The number of hydrogen-bond acceptors (Lipinski definition) is 3. The SMILES string of the molecule is CC(=O)Nc1ccc(C)c(NCc2occc2C)c1. The first-order chi connectivity index (χ1) is 9.06. The minimum absolute atomic E-state index is 0.0725. The molecule has 2 N–H and O–H groups in total. The summed E-state index contributed by atoms with van der Waals surface area (Å²) in [5.74, 6) is 0.848. The molecular weight excluding hydrogens is 240 g/mol. The summed E-state index contributed by atoms with van der Waals surface area (Å²) in [7, 11) is 0. The maximum absolute atomic E-state index is 11.1. The van der Waals surface area contributed by atoms with Crippen molar-refractivity contribution in [3.05, 3.63) is 47.4 Å². The first kappa shape index (κ1) is 13.2. The lowest BCUT2D eigenvalue weighted by Gasteiger charge is -2.11. The number of hydrogen-bond donors (Lipinski definition) is 2. The first-order valence-electron chi connectivity index (χ1n) is 6.21. The average Bonchev–Trinajstić information content (AvgIpc) is 2.75. The molecular formula is C15H18N2O2. The molecule has 2 aromatic rings. The van der Waals surface area contributed by atoms with Crippen LogP contribution in [0, 0.1) is 13.8 Å². The van der Waals surface area contributed by atoms with Crippen molar-refractivity contribution in [2.24, 2.45) is 0 Å². The number of carbonyl (C=O) groups is 1. The summed E-state index contributed by atoms with van der Waals surface area (Å²) >= 11 is 0. The smallest absolute Gasteiger partial charge is 0.221 e. The minimum Gasteiger partial charge on any atom is -0.467 e. The van der Waals surface area contributed by atoms with E-state index in [1.54, 1.807) is 6.26 Å². The van der Waals surface area contributed by atoms with Crippen LogP contribution < -0.4 is 10.6 Å². The van der Waals surface area contributed by atoms with E-state index in [0.29, 0.717) is 6.54 Å². The van der Waals surface area contributed by atoms with Gasteiger partial charge in [-0.25, -0.2) is 0 Å². The summed E-state index contributed by atoms with van der Waals surface area (Å²) < 4.78 is 5.39. The van der Waals surface area contributed by atoms with Gasteiger partial charge in [-0.3, -0.25) is 4.79 Å². The maximum Gasteiger partial charge on any atom is 0.221 e. The highest BCUT2D eigenvalue weighted by Gasteiger charge is 2.05. The molecule has 1 aromatic heterocycles. The van der Waals surface area contributed by atoms with Gasteiger partial charge in [-0.05, 0) is 43.2 Å². The van der Waals surface area contributed by atoms with Crippen LogP contribution in [0.3, 0.4) is 0 Å². The van der Waals surface area contributed by atoms with E-state index in [9.17, 15) is 4.79 Å². The lowest BCUT2D eigenvalue weighted by molar-refractivity contribution is -0.114. The molecule has 0 aliphatic heterocycles. The number of amides is 1. The summed E-state index contributed by atoms with van der Waals surface area (Å²) in [4.78, 5) is 11.1. The van der Waals surface area contributed by atoms with Crippen LogP contribution in [0.4, 0.5) is 11.4 Å². The molecule has 0 saturated heterocycles. The van der Waals surface area contributed by atoms with Crippen molar-refractivity contribution in [2.45, 2.75) is 27.3 Å². The van der Waals surface area contributed by atoms with Crippen molar-refractivity contribution in [3.63, 3.8) is 0 Å². The van der Waals surface area contributed by atoms with Crippen LogP contribution >= 0.6 is 0 Å². The lowest BCUT2D eigenvalue weighted by Crippen LogP contribution is -2.07. The molecule has 19 heavy (non-hydrogen) atoms. The Kier molecular flexibility index (Phi) is 3.90. The van der Waals surface area contributed by atoms with E-state index in [-0.39, 0.29) is 5.91 Å². The van der Waals surface area contributed by atoms with Crippen molar-refractivity contribution < 1.29 is 9.21 Å². The first-order valence-corrected chi connectivity index (χ1v) is 6.21. The van der Waals surface area contributed by atoms with Crippen LogP contribution in [0.15, 0.2) is 34.9 Å². The summed E-state index contributed by atoms with van der Waals surface area (Å²) in [6.07, 6.45) is 1.69. The highest BCUT2D eigenvalue weighted by atomic mass is 16.3. The van der Waals surface area contributed by atoms with Gasteiger partial charge in [-0.2, -0.15) is 0 Å². The van der Waals surface area contributed by atoms with E-state index < -0.39 is 0 Å². The van der Waals surface area contributed by atoms with E-state index in [0.717, 1.165) is 28.3 Å². The van der Waals surface area contributed by atoms with Crippen LogP contribution in [-0.2, 0) is 11.3 Å². The largest absolute Gasteiger partial charge is 0.467 e. The number of benzene rings is 1. The van der Waals surface area contributed by atoms with Gasteiger partial charge in [-0.1, -0.05) is 6.07 Å². The Balaban J connectivity index is 2.11. The molecule has 1 aromatic carbocycles. The summed E-state index contributed by atoms with van der Waals surface area (Å²) in [6, 6.07) is 7.73. The maximum atomic E-state index is 11.1. The highest BCUT2D eigenvalue weighted by Crippen LogP contribution is 2.21. The van der Waals surface area contributed by atoms with Crippen molar-refractivity contribution in [3.8, 4) is 0 Å². The Morgan fingerprint density at radius 1 is 1.21 bits per heavy atom. The summed E-state index contributed by atoms with van der Waals surface area (Å²) in [5.41, 5.74) is 4.03. The van der Waals surface area contributed by atoms with Crippen molar-refractivity contribution in [1.82, 2.24) is 0 Å². The molecule has 0 radical (unpaired) electrons. The molecule has 1 heterocycles. The van der Waals surface area contributed by atoms with Crippen molar-refractivity contribution in [1.29, 1.82) is 0 Å². The predicted molar refractivity (Wildman–Crippen MR) is 76.3 cm³/mol. The number of anilines is 2. The molecule has 0 aliphatic carbocycles. The Labute approximate surface area is 112 Å². The number of furan rings is 1. The molecule has 0 bridgehead atoms. The third-order valence-electron chi connectivity index (χ3n) is 2.97. The number of carbonyl (C=O) groups excluding carboxylic acids is 1. The Bertz CT molecular complexity index is 588. The highest BCUT2D eigenvalue weighted by molar-refractivity contribution is 5.89. The fourth-order valence-corrected chi connectivity index (χ4v) is 1.85. The van der Waals surface area contributed by atoms with E-state index in [1.165, 1.54) is 6.92 Å². The molecule has 0 saturated carbocycles. The van der Waals surface area contributed by atoms with E-state index in [4.69, 9.17) is 4.42 Å². The van der Waals surface area contributed by atoms with Gasteiger partial charge in [0.15, 0.2) is 0 Å². The molecule has 0 atom stereocenters. The minimum atomic E-state index is -0.0725. The van der Waals surface area contributed by atoms with Crippen molar-refractivity contribution in [2.75, 3.05) is 10.6 Å². The zero-order chi connectivity index (χ0) is 13.8. The third kappa shape index (κ3) is 3.37. The predicted octanol–water partition coefficient (Wildman–Crippen LogP) is 3.47. The molecule has 0 spiro atoms. The second kappa shape index (κ2) is 5.61. The molecule has 2 rings (SSSR count). The Hall–Kier alpha value is -2.23. The van der Waals surface area contributed by atoms with Gasteiger partial charge in [0.2, 0.25) is 5.91 Å².